The van der Waals surface area contributed by atoms with Gasteiger partial charge in [-0.3, -0.25) is 0 Å². The minimum Gasteiger partial charge on any atom is -0.454 e. The van der Waals surface area contributed by atoms with Crippen LogP contribution < -0.4 is 20.1 Å². The van der Waals surface area contributed by atoms with Crippen LogP contribution in [0.1, 0.15) is 23.6 Å². The number of amides is 2. The summed E-state index contributed by atoms with van der Waals surface area (Å²) < 4.78 is 10.6. The molecule has 2 aromatic rings. The third kappa shape index (κ3) is 3.39. The van der Waals surface area contributed by atoms with E-state index >= 15 is 0 Å². The van der Waals surface area contributed by atoms with Gasteiger partial charge in [-0.15, -0.1) is 0 Å². The number of hydrogen-bond donors (Lipinski definition) is 2. The molecule has 0 aliphatic carbocycles. The lowest BCUT2D eigenvalue weighted by Crippen LogP contribution is -2.28. The first-order chi connectivity index (χ1) is 11.2. The number of ether oxygens (including phenoxy) is 2. The zero-order valence-corrected chi connectivity index (χ0v) is 13.3. The van der Waals surface area contributed by atoms with E-state index in [0.717, 1.165) is 40.3 Å². The van der Waals surface area contributed by atoms with E-state index < -0.39 is 0 Å². The second-order valence-electron chi connectivity index (χ2n) is 5.46. The fraction of sp³-hybridized carbons (Fsp3) is 0.278. The van der Waals surface area contributed by atoms with Crippen LogP contribution in [0.15, 0.2) is 36.4 Å². The van der Waals surface area contributed by atoms with E-state index in [0.29, 0.717) is 6.54 Å². The van der Waals surface area contributed by atoms with Crippen LogP contribution in [0.2, 0.25) is 0 Å². The van der Waals surface area contributed by atoms with Gasteiger partial charge in [0.2, 0.25) is 6.79 Å². The van der Waals surface area contributed by atoms with Crippen molar-refractivity contribution in [3.05, 3.63) is 53.1 Å². The number of nitrogens with one attached hydrogen (secondary N) is 2. The van der Waals surface area contributed by atoms with E-state index in [1.54, 1.807) is 0 Å². The number of carbonyl (C=O) groups is 1. The molecular weight excluding hydrogens is 292 g/mol. The van der Waals surface area contributed by atoms with Crippen molar-refractivity contribution < 1.29 is 14.3 Å². The Labute approximate surface area is 135 Å². The third-order valence-corrected chi connectivity index (χ3v) is 3.87. The second kappa shape index (κ2) is 6.60. The topological polar surface area (TPSA) is 59.6 Å². The number of para-hydroxylation sites is 1. The Kier molecular flexibility index (Phi) is 4.37. The molecule has 2 aromatic carbocycles. The van der Waals surface area contributed by atoms with Crippen LogP contribution in [-0.2, 0) is 13.0 Å². The highest BCUT2D eigenvalue weighted by molar-refractivity contribution is 5.91. The SMILES string of the molecule is CCc1cccc(C)c1NC(=O)NCc1ccc2c(c1)OCO2. The van der Waals surface area contributed by atoms with E-state index in [1.165, 1.54) is 0 Å². The first-order valence-corrected chi connectivity index (χ1v) is 7.69. The van der Waals surface area contributed by atoms with Crippen LogP contribution in [-0.4, -0.2) is 12.8 Å². The normalized spacial score (nSPS) is 12.1. The zero-order valence-electron chi connectivity index (χ0n) is 13.3. The van der Waals surface area contributed by atoms with Gasteiger partial charge < -0.3 is 20.1 Å². The number of aryl methyl sites for hydroxylation is 2. The minimum absolute atomic E-state index is 0.216. The summed E-state index contributed by atoms with van der Waals surface area (Å²) in [5, 5.41) is 5.82. The van der Waals surface area contributed by atoms with Crippen molar-refractivity contribution in [2.75, 3.05) is 12.1 Å². The van der Waals surface area contributed by atoms with Crippen molar-refractivity contribution in [1.82, 2.24) is 5.32 Å². The van der Waals surface area contributed by atoms with Gasteiger partial charge >= 0.3 is 6.03 Å². The van der Waals surface area contributed by atoms with Crippen molar-refractivity contribution >= 4 is 11.7 Å². The Morgan fingerprint density at radius 2 is 2.00 bits per heavy atom. The lowest BCUT2D eigenvalue weighted by Gasteiger charge is -2.13. The van der Waals surface area contributed by atoms with E-state index in [2.05, 4.69) is 17.6 Å². The molecule has 1 aliphatic rings. The molecule has 3 rings (SSSR count). The molecule has 0 saturated carbocycles. The van der Waals surface area contributed by atoms with Gasteiger partial charge in [0, 0.05) is 12.2 Å². The molecule has 0 atom stereocenters. The fourth-order valence-corrected chi connectivity index (χ4v) is 2.59. The van der Waals surface area contributed by atoms with Crippen LogP contribution in [0.25, 0.3) is 0 Å². The molecule has 0 bridgehead atoms. The Balaban J connectivity index is 1.62. The summed E-state index contributed by atoms with van der Waals surface area (Å²) in [6, 6.07) is 11.5. The quantitative estimate of drug-likeness (QED) is 0.906. The van der Waals surface area contributed by atoms with Gasteiger partial charge in [0.15, 0.2) is 11.5 Å². The van der Waals surface area contributed by atoms with E-state index in [9.17, 15) is 4.79 Å². The first-order valence-electron chi connectivity index (χ1n) is 7.69. The van der Waals surface area contributed by atoms with Crippen molar-refractivity contribution in [3.8, 4) is 11.5 Å². The van der Waals surface area contributed by atoms with Crippen LogP contribution >= 0.6 is 0 Å². The van der Waals surface area contributed by atoms with Crippen molar-refractivity contribution in [3.63, 3.8) is 0 Å². The molecule has 120 valence electrons. The monoisotopic (exact) mass is 312 g/mol. The molecule has 0 radical (unpaired) electrons. The maximum atomic E-state index is 12.2. The molecule has 5 heteroatoms. The molecule has 0 fully saturated rings. The van der Waals surface area contributed by atoms with Gasteiger partial charge in [-0.05, 0) is 42.2 Å². The highest BCUT2D eigenvalue weighted by Crippen LogP contribution is 2.32. The van der Waals surface area contributed by atoms with Crippen LogP contribution in [0.3, 0.4) is 0 Å². The van der Waals surface area contributed by atoms with Gasteiger partial charge in [-0.1, -0.05) is 31.2 Å². The molecule has 1 aliphatic heterocycles. The summed E-state index contributed by atoms with van der Waals surface area (Å²) in [6.45, 7) is 4.74. The summed E-state index contributed by atoms with van der Waals surface area (Å²) in [4.78, 5) is 12.2. The average molecular weight is 312 g/mol. The molecule has 0 unspecified atom stereocenters. The number of anilines is 1. The number of benzene rings is 2. The summed E-state index contributed by atoms with van der Waals surface area (Å²) in [5.74, 6) is 1.46. The lowest BCUT2D eigenvalue weighted by atomic mass is 10.1. The number of fused-ring (bicyclic) bond motifs is 1. The van der Waals surface area contributed by atoms with Gasteiger partial charge in [0.1, 0.15) is 0 Å². The largest absolute Gasteiger partial charge is 0.454 e. The predicted molar refractivity (Wildman–Crippen MR) is 89.0 cm³/mol. The molecule has 0 saturated heterocycles. The fourth-order valence-electron chi connectivity index (χ4n) is 2.59. The molecule has 2 amide bonds. The Morgan fingerprint density at radius 1 is 1.17 bits per heavy atom. The molecular formula is C18H20N2O3. The lowest BCUT2D eigenvalue weighted by molar-refractivity contribution is 0.174. The Hall–Kier alpha value is -2.69. The first kappa shape index (κ1) is 15.2. The molecule has 5 nitrogen and oxygen atoms in total. The minimum atomic E-state index is -0.216. The number of urea groups is 1. The average Bonchev–Trinajstić information content (AvgIpc) is 3.02. The zero-order chi connectivity index (χ0) is 16.2. The second-order valence-corrected chi connectivity index (χ2v) is 5.46. The van der Waals surface area contributed by atoms with Crippen LogP contribution in [0.5, 0.6) is 11.5 Å². The molecule has 0 aromatic heterocycles. The molecule has 1 heterocycles. The molecule has 23 heavy (non-hydrogen) atoms. The van der Waals surface area contributed by atoms with Gasteiger partial charge in [0.25, 0.3) is 0 Å². The van der Waals surface area contributed by atoms with Crippen molar-refractivity contribution in [2.45, 2.75) is 26.8 Å². The third-order valence-electron chi connectivity index (χ3n) is 3.87. The van der Waals surface area contributed by atoms with Crippen molar-refractivity contribution in [1.29, 1.82) is 0 Å². The number of rotatable bonds is 4. The Morgan fingerprint density at radius 3 is 2.83 bits per heavy atom. The molecule has 2 N–H and O–H groups in total. The highest BCUT2D eigenvalue weighted by Gasteiger charge is 2.13. The summed E-state index contributed by atoms with van der Waals surface area (Å²) >= 11 is 0. The van der Waals surface area contributed by atoms with Gasteiger partial charge in [-0.2, -0.15) is 0 Å². The summed E-state index contributed by atoms with van der Waals surface area (Å²) in [5.41, 5.74) is 4.04. The van der Waals surface area contributed by atoms with Crippen molar-refractivity contribution in [2.24, 2.45) is 0 Å². The maximum absolute atomic E-state index is 12.2. The maximum Gasteiger partial charge on any atom is 0.319 e. The van der Waals surface area contributed by atoms with E-state index in [4.69, 9.17) is 9.47 Å². The van der Waals surface area contributed by atoms with Gasteiger partial charge in [0.05, 0.1) is 0 Å². The Bertz CT molecular complexity index is 728. The molecule has 0 spiro atoms. The number of carbonyl (C=O) groups excluding carboxylic acids is 1. The predicted octanol–water partition coefficient (Wildman–Crippen LogP) is 3.61. The van der Waals surface area contributed by atoms with Gasteiger partial charge in [-0.25, -0.2) is 4.79 Å². The summed E-state index contributed by atoms with van der Waals surface area (Å²) in [7, 11) is 0. The standard InChI is InChI=1S/C18H20N2O3/c1-3-14-6-4-5-12(2)17(14)20-18(21)19-10-13-7-8-15-16(9-13)23-11-22-15/h4-9H,3,10-11H2,1-2H3,(H2,19,20,21). The highest BCUT2D eigenvalue weighted by atomic mass is 16.7. The van der Waals surface area contributed by atoms with Crippen LogP contribution in [0.4, 0.5) is 10.5 Å². The van der Waals surface area contributed by atoms with E-state index in [-0.39, 0.29) is 12.8 Å². The smallest absolute Gasteiger partial charge is 0.319 e. The van der Waals surface area contributed by atoms with Crippen LogP contribution in [0, 0.1) is 6.92 Å². The number of hydrogen-bond acceptors (Lipinski definition) is 3. The summed E-state index contributed by atoms with van der Waals surface area (Å²) in [6.07, 6.45) is 0.874. The van der Waals surface area contributed by atoms with E-state index in [1.807, 2.05) is 43.3 Å².